The van der Waals surface area contributed by atoms with E-state index in [1.807, 2.05) is 24.8 Å². The molecular weight excluding hydrogens is 218 g/mol. The van der Waals surface area contributed by atoms with Crippen LogP contribution in [-0.4, -0.2) is 42.2 Å². The summed E-state index contributed by atoms with van der Waals surface area (Å²) in [5.74, 6) is -0.209. The highest BCUT2D eigenvalue weighted by molar-refractivity contribution is 5.92. The SMILES string of the molecule is CNC(=O)c1cc(N(CCO)C(C)C)ccn1. The van der Waals surface area contributed by atoms with Gasteiger partial charge in [0.2, 0.25) is 0 Å². The van der Waals surface area contributed by atoms with Crippen molar-refractivity contribution >= 4 is 11.6 Å². The fourth-order valence-corrected chi connectivity index (χ4v) is 1.64. The van der Waals surface area contributed by atoms with E-state index in [9.17, 15) is 4.79 Å². The molecule has 0 saturated heterocycles. The highest BCUT2D eigenvalue weighted by Crippen LogP contribution is 2.17. The summed E-state index contributed by atoms with van der Waals surface area (Å²) in [6, 6.07) is 3.82. The van der Waals surface area contributed by atoms with Crippen LogP contribution in [0.1, 0.15) is 24.3 Å². The van der Waals surface area contributed by atoms with Crippen LogP contribution in [0.2, 0.25) is 0 Å². The van der Waals surface area contributed by atoms with E-state index in [4.69, 9.17) is 5.11 Å². The number of aliphatic hydroxyl groups is 1. The summed E-state index contributed by atoms with van der Waals surface area (Å²) in [7, 11) is 1.57. The molecule has 1 amide bonds. The van der Waals surface area contributed by atoms with Crippen molar-refractivity contribution in [3.05, 3.63) is 24.0 Å². The molecule has 1 heterocycles. The van der Waals surface area contributed by atoms with Gasteiger partial charge in [-0.25, -0.2) is 0 Å². The van der Waals surface area contributed by atoms with Gasteiger partial charge in [0, 0.05) is 31.5 Å². The topological polar surface area (TPSA) is 65.5 Å². The van der Waals surface area contributed by atoms with Crippen LogP contribution in [0.3, 0.4) is 0 Å². The van der Waals surface area contributed by atoms with Crippen LogP contribution in [0.25, 0.3) is 0 Å². The summed E-state index contributed by atoms with van der Waals surface area (Å²) < 4.78 is 0. The van der Waals surface area contributed by atoms with Gasteiger partial charge in [0.1, 0.15) is 5.69 Å². The molecule has 0 aliphatic rings. The molecule has 17 heavy (non-hydrogen) atoms. The summed E-state index contributed by atoms with van der Waals surface area (Å²) in [4.78, 5) is 17.5. The smallest absolute Gasteiger partial charge is 0.269 e. The Bertz CT molecular complexity index is 380. The van der Waals surface area contributed by atoms with E-state index in [1.54, 1.807) is 19.3 Å². The number of anilines is 1. The molecule has 0 spiro atoms. The Morgan fingerprint density at radius 1 is 1.59 bits per heavy atom. The first-order valence-electron chi connectivity index (χ1n) is 5.65. The largest absolute Gasteiger partial charge is 0.395 e. The first-order valence-corrected chi connectivity index (χ1v) is 5.65. The third-order valence-electron chi connectivity index (χ3n) is 2.50. The van der Waals surface area contributed by atoms with Crippen LogP contribution >= 0.6 is 0 Å². The second-order valence-electron chi connectivity index (χ2n) is 3.99. The zero-order valence-corrected chi connectivity index (χ0v) is 10.5. The molecule has 0 aliphatic heterocycles. The molecule has 1 aromatic rings. The molecule has 0 aromatic carbocycles. The van der Waals surface area contributed by atoms with Crippen LogP contribution in [0, 0.1) is 0 Å². The lowest BCUT2D eigenvalue weighted by atomic mass is 10.2. The van der Waals surface area contributed by atoms with Crippen molar-refractivity contribution in [2.75, 3.05) is 25.1 Å². The van der Waals surface area contributed by atoms with Gasteiger partial charge in [-0.2, -0.15) is 0 Å². The highest BCUT2D eigenvalue weighted by atomic mass is 16.3. The Morgan fingerprint density at radius 3 is 2.82 bits per heavy atom. The molecule has 0 bridgehead atoms. The minimum absolute atomic E-state index is 0.0792. The standard InChI is InChI=1S/C12H19N3O2/c1-9(2)15(6-7-16)10-4-5-14-11(8-10)12(17)13-3/h4-5,8-9,16H,6-7H2,1-3H3,(H,13,17). The average Bonchev–Trinajstić information content (AvgIpc) is 2.34. The second kappa shape index (κ2) is 6.20. The Balaban J connectivity index is 2.99. The minimum Gasteiger partial charge on any atom is -0.395 e. The van der Waals surface area contributed by atoms with Crippen molar-refractivity contribution in [2.45, 2.75) is 19.9 Å². The second-order valence-corrected chi connectivity index (χ2v) is 3.99. The molecular formula is C12H19N3O2. The molecule has 0 unspecified atom stereocenters. The molecule has 0 saturated carbocycles. The van der Waals surface area contributed by atoms with Gasteiger partial charge < -0.3 is 15.3 Å². The molecule has 2 N–H and O–H groups in total. The number of pyridine rings is 1. The van der Waals surface area contributed by atoms with E-state index in [2.05, 4.69) is 10.3 Å². The lowest BCUT2D eigenvalue weighted by Gasteiger charge is -2.28. The van der Waals surface area contributed by atoms with Crippen LogP contribution in [-0.2, 0) is 0 Å². The molecule has 1 aromatic heterocycles. The normalized spacial score (nSPS) is 10.4. The molecule has 0 atom stereocenters. The first-order chi connectivity index (χ1) is 8.10. The van der Waals surface area contributed by atoms with Gasteiger partial charge in [-0.05, 0) is 26.0 Å². The fraction of sp³-hybridized carbons (Fsp3) is 0.500. The van der Waals surface area contributed by atoms with Gasteiger partial charge in [-0.1, -0.05) is 0 Å². The van der Waals surface area contributed by atoms with Crippen molar-refractivity contribution in [3.63, 3.8) is 0 Å². The maximum atomic E-state index is 11.5. The van der Waals surface area contributed by atoms with Crippen LogP contribution in [0.5, 0.6) is 0 Å². The van der Waals surface area contributed by atoms with Crippen molar-refractivity contribution < 1.29 is 9.90 Å². The van der Waals surface area contributed by atoms with Gasteiger partial charge in [-0.15, -0.1) is 0 Å². The summed E-state index contributed by atoms with van der Waals surface area (Å²) >= 11 is 0. The van der Waals surface area contributed by atoms with E-state index in [-0.39, 0.29) is 18.6 Å². The van der Waals surface area contributed by atoms with E-state index < -0.39 is 0 Å². The van der Waals surface area contributed by atoms with Gasteiger partial charge in [-0.3, -0.25) is 9.78 Å². The molecule has 0 fully saturated rings. The summed E-state index contributed by atoms with van der Waals surface area (Å²) in [6.45, 7) is 4.69. The summed E-state index contributed by atoms with van der Waals surface area (Å²) in [6.07, 6.45) is 1.60. The third-order valence-corrected chi connectivity index (χ3v) is 2.50. The first kappa shape index (κ1) is 13.4. The van der Waals surface area contributed by atoms with Gasteiger partial charge in [0.15, 0.2) is 0 Å². The molecule has 5 heteroatoms. The van der Waals surface area contributed by atoms with E-state index in [0.29, 0.717) is 12.2 Å². The van der Waals surface area contributed by atoms with Gasteiger partial charge in [0.05, 0.1) is 6.61 Å². The number of nitrogens with one attached hydrogen (secondary N) is 1. The lowest BCUT2D eigenvalue weighted by Crippen LogP contribution is -2.33. The molecule has 94 valence electrons. The number of aliphatic hydroxyl groups excluding tert-OH is 1. The molecule has 0 radical (unpaired) electrons. The Kier molecular flexibility index (Phi) is 4.90. The average molecular weight is 237 g/mol. The number of nitrogens with zero attached hydrogens (tertiary/aromatic N) is 2. The predicted octanol–water partition coefficient (Wildman–Crippen LogP) is 0.648. The zero-order valence-electron chi connectivity index (χ0n) is 10.5. The van der Waals surface area contributed by atoms with Crippen molar-refractivity contribution in [2.24, 2.45) is 0 Å². The highest BCUT2D eigenvalue weighted by Gasteiger charge is 2.12. The number of aromatic nitrogens is 1. The number of carbonyl (C=O) groups is 1. The maximum Gasteiger partial charge on any atom is 0.269 e. The number of hydrogen-bond acceptors (Lipinski definition) is 4. The molecule has 0 aliphatic carbocycles. The summed E-state index contributed by atoms with van der Waals surface area (Å²) in [5.41, 5.74) is 1.27. The molecule has 1 rings (SSSR count). The minimum atomic E-state index is -0.209. The van der Waals surface area contributed by atoms with E-state index in [1.165, 1.54) is 0 Å². The van der Waals surface area contributed by atoms with Crippen LogP contribution < -0.4 is 10.2 Å². The molecule has 5 nitrogen and oxygen atoms in total. The number of carbonyl (C=O) groups excluding carboxylic acids is 1. The fourth-order valence-electron chi connectivity index (χ4n) is 1.64. The zero-order chi connectivity index (χ0) is 12.8. The predicted molar refractivity (Wildman–Crippen MR) is 67.2 cm³/mol. The number of rotatable bonds is 5. The number of amides is 1. The Labute approximate surface area is 101 Å². The maximum absolute atomic E-state index is 11.5. The van der Waals surface area contributed by atoms with Crippen LogP contribution in [0.15, 0.2) is 18.3 Å². The quantitative estimate of drug-likeness (QED) is 0.789. The van der Waals surface area contributed by atoms with Gasteiger partial charge in [0.25, 0.3) is 5.91 Å². The Hall–Kier alpha value is -1.62. The van der Waals surface area contributed by atoms with Crippen molar-refractivity contribution in [1.29, 1.82) is 0 Å². The van der Waals surface area contributed by atoms with E-state index in [0.717, 1.165) is 5.69 Å². The monoisotopic (exact) mass is 237 g/mol. The third kappa shape index (κ3) is 3.42. The number of hydrogen-bond donors (Lipinski definition) is 2. The summed E-state index contributed by atoms with van der Waals surface area (Å²) in [5, 5.41) is 11.6. The van der Waals surface area contributed by atoms with Crippen molar-refractivity contribution in [3.8, 4) is 0 Å². The van der Waals surface area contributed by atoms with E-state index >= 15 is 0 Å². The van der Waals surface area contributed by atoms with Gasteiger partial charge >= 0.3 is 0 Å². The lowest BCUT2D eigenvalue weighted by molar-refractivity contribution is 0.0958. The van der Waals surface area contributed by atoms with Crippen molar-refractivity contribution in [1.82, 2.24) is 10.3 Å². The Morgan fingerprint density at radius 2 is 2.29 bits per heavy atom. The van der Waals surface area contributed by atoms with Crippen LogP contribution in [0.4, 0.5) is 5.69 Å².